The average molecular weight is 331 g/mol. The number of hydrogen-bond donors (Lipinski definition) is 2. The Morgan fingerprint density at radius 1 is 1.50 bits per heavy atom. The number of halogens is 1. The predicted octanol–water partition coefficient (Wildman–Crippen LogP) is 2.47. The number of amides is 1. The van der Waals surface area contributed by atoms with Gasteiger partial charge in [-0.15, -0.1) is 0 Å². The van der Waals surface area contributed by atoms with Gasteiger partial charge in [0.15, 0.2) is 5.11 Å². The second-order valence-corrected chi connectivity index (χ2v) is 4.88. The first-order valence-electron chi connectivity index (χ1n) is 5.51. The molecule has 2 N–H and O–H groups in total. The van der Waals surface area contributed by atoms with Crippen LogP contribution in [0.1, 0.15) is 23.7 Å². The standard InChI is InChI=1S/C12H15BrN2O2S/c1-3-6-14-12(18)15-11(16)9-7-8(13)4-5-10(9)17-2/h4-5,7H,3,6H2,1-2H3,(H2,14,15,16,18). The van der Waals surface area contributed by atoms with E-state index in [9.17, 15) is 4.79 Å². The Bertz CT molecular complexity index is 452. The fourth-order valence-electron chi connectivity index (χ4n) is 1.31. The van der Waals surface area contributed by atoms with Gasteiger partial charge in [-0.25, -0.2) is 0 Å². The Morgan fingerprint density at radius 3 is 2.83 bits per heavy atom. The van der Waals surface area contributed by atoms with Crippen molar-refractivity contribution in [2.24, 2.45) is 0 Å². The first kappa shape index (κ1) is 14.9. The molecule has 0 aliphatic rings. The van der Waals surface area contributed by atoms with Gasteiger partial charge in [-0.2, -0.15) is 0 Å². The number of hydrogen-bond acceptors (Lipinski definition) is 3. The molecule has 0 radical (unpaired) electrons. The molecule has 1 aromatic carbocycles. The summed E-state index contributed by atoms with van der Waals surface area (Å²) in [5, 5.41) is 5.87. The maximum atomic E-state index is 12.0. The van der Waals surface area contributed by atoms with Crippen molar-refractivity contribution in [1.82, 2.24) is 10.6 Å². The molecular weight excluding hydrogens is 316 g/mol. The van der Waals surface area contributed by atoms with Crippen LogP contribution in [-0.4, -0.2) is 24.7 Å². The van der Waals surface area contributed by atoms with Gasteiger partial charge < -0.3 is 10.1 Å². The van der Waals surface area contributed by atoms with Crippen LogP contribution >= 0.6 is 28.1 Å². The van der Waals surface area contributed by atoms with E-state index in [1.165, 1.54) is 7.11 Å². The largest absolute Gasteiger partial charge is 0.496 e. The quantitative estimate of drug-likeness (QED) is 0.833. The minimum absolute atomic E-state index is 0.290. The third-order valence-electron chi connectivity index (χ3n) is 2.17. The summed E-state index contributed by atoms with van der Waals surface area (Å²) in [5.74, 6) is 0.218. The number of methoxy groups -OCH3 is 1. The average Bonchev–Trinajstić information content (AvgIpc) is 2.36. The van der Waals surface area contributed by atoms with Crippen molar-refractivity contribution in [2.45, 2.75) is 13.3 Å². The molecule has 0 bridgehead atoms. The number of carbonyl (C=O) groups is 1. The molecule has 0 saturated heterocycles. The fraction of sp³-hybridized carbons (Fsp3) is 0.333. The van der Waals surface area contributed by atoms with Crippen LogP contribution in [0.4, 0.5) is 0 Å². The highest BCUT2D eigenvalue weighted by Gasteiger charge is 2.13. The number of ether oxygens (including phenoxy) is 1. The van der Waals surface area contributed by atoms with Crippen LogP contribution in [0.5, 0.6) is 5.75 Å². The summed E-state index contributed by atoms with van der Waals surface area (Å²) in [6, 6.07) is 5.22. The summed E-state index contributed by atoms with van der Waals surface area (Å²) in [5.41, 5.74) is 0.438. The number of carbonyl (C=O) groups excluding carboxylic acids is 1. The monoisotopic (exact) mass is 330 g/mol. The van der Waals surface area contributed by atoms with Gasteiger partial charge in [0.05, 0.1) is 12.7 Å². The van der Waals surface area contributed by atoms with Gasteiger partial charge in [0, 0.05) is 11.0 Å². The van der Waals surface area contributed by atoms with Gasteiger partial charge in [0.25, 0.3) is 5.91 Å². The Kier molecular flexibility index (Phi) is 6.07. The van der Waals surface area contributed by atoms with Gasteiger partial charge in [-0.1, -0.05) is 22.9 Å². The van der Waals surface area contributed by atoms with Gasteiger partial charge in [-0.3, -0.25) is 10.1 Å². The molecule has 0 fully saturated rings. The lowest BCUT2D eigenvalue weighted by Crippen LogP contribution is -2.39. The molecule has 98 valence electrons. The normalized spacial score (nSPS) is 9.72. The highest BCUT2D eigenvalue weighted by molar-refractivity contribution is 9.10. The third-order valence-corrected chi connectivity index (χ3v) is 2.91. The van der Waals surface area contributed by atoms with Crippen LogP contribution in [0, 0.1) is 0 Å². The molecule has 0 heterocycles. The maximum Gasteiger partial charge on any atom is 0.261 e. The molecule has 6 heteroatoms. The molecule has 4 nitrogen and oxygen atoms in total. The Balaban J connectivity index is 2.77. The van der Waals surface area contributed by atoms with Crippen molar-refractivity contribution in [3.63, 3.8) is 0 Å². The molecule has 0 unspecified atom stereocenters. The van der Waals surface area contributed by atoms with Crippen molar-refractivity contribution in [1.29, 1.82) is 0 Å². The SMILES string of the molecule is CCCNC(=S)NC(=O)c1cc(Br)ccc1OC. The van der Waals surface area contributed by atoms with E-state index in [4.69, 9.17) is 17.0 Å². The summed E-state index contributed by atoms with van der Waals surface area (Å²) in [6.45, 7) is 2.75. The van der Waals surface area contributed by atoms with Crippen LogP contribution in [0.25, 0.3) is 0 Å². The van der Waals surface area contributed by atoms with Crippen molar-refractivity contribution in [3.05, 3.63) is 28.2 Å². The van der Waals surface area contributed by atoms with E-state index in [0.717, 1.165) is 17.4 Å². The molecule has 1 amide bonds. The molecule has 0 spiro atoms. The van der Waals surface area contributed by atoms with Crippen molar-refractivity contribution < 1.29 is 9.53 Å². The van der Waals surface area contributed by atoms with Crippen LogP contribution in [-0.2, 0) is 0 Å². The minimum Gasteiger partial charge on any atom is -0.496 e. The molecule has 0 aliphatic heterocycles. The van der Waals surface area contributed by atoms with E-state index in [2.05, 4.69) is 26.6 Å². The van der Waals surface area contributed by atoms with Crippen molar-refractivity contribution >= 4 is 39.2 Å². The highest BCUT2D eigenvalue weighted by Crippen LogP contribution is 2.22. The molecule has 1 aromatic rings. The zero-order valence-electron chi connectivity index (χ0n) is 10.2. The molecule has 0 aliphatic carbocycles. The lowest BCUT2D eigenvalue weighted by Gasteiger charge is -2.11. The second kappa shape index (κ2) is 7.33. The van der Waals surface area contributed by atoms with Crippen LogP contribution in [0.3, 0.4) is 0 Å². The van der Waals surface area contributed by atoms with Gasteiger partial charge in [-0.05, 0) is 36.8 Å². The first-order chi connectivity index (χ1) is 8.58. The molecule has 1 rings (SSSR count). The Labute approximate surface area is 120 Å². The maximum absolute atomic E-state index is 12.0. The lowest BCUT2D eigenvalue weighted by molar-refractivity contribution is 0.0973. The number of thiocarbonyl (C=S) groups is 1. The number of nitrogens with one attached hydrogen (secondary N) is 2. The third kappa shape index (κ3) is 4.27. The summed E-state index contributed by atoms with van der Waals surface area (Å²) >= 11 is 8.33. The summed E-state index contributed by atoms with van der Waals surface area (Å²) < 4.78 is 5.95. The molecule has 0 saturated carbocycles. The zero-order chi connectivity index (χ0) is 13.5. The van der Waals surface area contributed by atoms with E-state index in [0.29, 0.717) is 16.4 Å². The van der Waals surface area contributed by atoms with Gasteiger partial charge in [0.1, 0.15) is 5.75 Å². The van der Waals surface area contributed by atoms with E-state index < -0.39 is 0 Å². The van der Waals surface area contributed by atoms with E-state index in [1.807, 2.05) is 13.0 Å². The van der Waals surface area contributed by atoms with E-state index in [1.54, 1.807) is 12.1 Å². The summed E-state index contributed by atoms with van der Waals surface area (Å²) in [6.07, 6.45) is 0.941. The number of rotatable bonds is 4. The highest BCUT2D eigenvalue weighted by atomic mass is 79.9. The predicted molar refractivity (Wildman–Crippen MR) is 79.1 cm³/mol. The minimum atomic E-state index is -0.290. The smallest absolute Gasteiger partial charge is 0.261 e. The van der Waals surface area contributed by atoms with Crippen LogP contribution < -0.4 is 15.4 Å². The fourth-order valence-corrected chi connectivity index (χ4v) is 1.87. The second-order valence-electron chi connectivity index (χ2n) is 3.55. The van der Waals surface area contributed by atoms with Gasteiger partial charge in [0.2, 0.25) is 0 Å². The van der Waals surface area contributed by atoms with E-state index >= 15 is 0 Å². The molecule has 0 atom stereocenters. The molecular formula is C12H15BrN2O2S. The lowest BCUT2D eigenvalue weighted by atomic mass is 10.2. The Hall–Kier alpha value is -1.14. The van der Waals surface area contributed by atoms with Crippen LogP contribution in [0.15, 0.2) is 22.7 Å². The van der Waals surface area contributed by atoms with Crippen molar-refractivity contribution in [3.8, 4) is 5.75 Å². The summed E-state index contributed by atoms with van der Waals surface area (Å²) in [7, 11) is 1.52. The topological polar surface area (TPSA) is 50.4 Å². The summed E-state index contributed by atoms with van der Waals surface area (Å²) in [4.78, 5) is 12.0. The number of benzene rings is 1. The van der Waals surface area contributed by atoms with Crippen LogP contribution in [0.2, 0.25) is 0 Å². The molecule has 0 aromatic heterocycles. The zero-order valence-corrected chi connectivity index (χ0v) is 12.7. The molecule has 18 heavy (non-hydrogen) atoms. The van der Waals surface area contributed by atoms with E-state index in [-0.39, 0.29) is 5.91 Å². The Morgan fingerprint density at radius 2 is 2.22 bits per heavy atom. The van der Waals surface area contributed by atoms with Gasteiger partial charge >= 0.3 is 0 Å². The first-order valence-corrected chi connectivity index (χ1v) is 6.71. The van der Waals surface area contributed by atoms with Crippen molar-refractivity contribution in [2.75, 3.05) is 13.7 Å².